The van der Waals surface area contributed by atoms with E-state index < -0.39 is 4.92 Å². The Bertz CT molecular complexity index is 421. The van der Waals surface area contributed by atoms with Crippen molar-refractivity contribution >= 4 is 11.4 Å². The van der Waals surface area contributed by atoms with Crippen LogP contribution in [0.4, 0.5) is 11.4 Å². The van der Waals surface area contributed by atoms with E-state index in [1.165, 1.54) is 19.2 Å². The topological polar surface area (TPSA) is 64.4 Å². The van der Waals surface area contributed by atoms with E-state index in [0.717, 1.165) is 12.1 Å². The van der Waals surface area contributed by atoms with E-state index in [1.807, 2.05) is 0 Å². The summed E-state index contributed by atoms with van der Waals surface area (Å²) in [6.45, 7) is 6.39. The number of rotatable bonds is 6. The molecule has 1 aromatic carbocycles. The minimum Gasteiger partial charge on any atom is -0.494 e. The minimum atomic E-state index is -0.426. The zero-order chi connectivity index (χ0) is 13.7. The summed E-state index contributed by atoms with van der Waals surface area (Å²) in [6, 6.07) is 4.89. The zero-order valence-electron chi connectivity index (χ0n) is 11.3. The molecule has 5 heteroatoms. The van der Waals surface area contributed by atoms with Crippen molar-refractivity contribution in [1.82, 2.24) is 0 Å². The lowest BCUT2D eigenvalue weighted by Gasteiger charge is -2.22. The predicted octanol–water partition coefficient (Wildman–Crippen LogP) is 3.45. The van der Waals surface area contributed by atoms with E-state index in [-0.39, 0.29) is 11.7 Å². The van der Waals surface area contributed by atoms with Crippen molar-refractivity contribution in [3.05, 3.63) is 28.3 Å². The van der Waals surface area contributed by atoms with Gasteiger partial charge in [-0.25, -0.2) is 0 Å². The summed E-state index contributed by atoms with van der Waals surface area (Å²) >= 11 is 0. The molecule has 0 saturated carbocycles. The Balaban J connectivity index is 2.92. The summed E-state index contributed by atoms with van der Waals surface area (Å²) in [4.78, 5) is 10.3. The molecule has 0 amide bonds. The molecule has 0 fully saturated rings. The van der Waals surface area contributed by atoms with Crippen molar-refractivity contribution in [3.8, 4) is 5.75 Å². The second-order valence-electron chi connectivity index (χ2n) is 4.46. The third kappa shape index (κ3) is 3.35. The Kier molecular flexibility index (Phi) is 4.95. The highest BCUT2D eigenvalue weighted by molar-refractivity contribution is 5.61. The number of nitro benzene ring substituents is 1. The number of nitro groups is 1. The van der Waals surface area contributed by atoms with Gasteiger partial charge in [-0.2, -0.15) is 0 Å². The number of non-ortho nitro benzene ring substituents is 1. The van der Waals surface area contributed by atoms with Gasteiger partial charge in [0.15, 0.2) is 0 Å². The molecule has 0 bridgehead atoms. The van der Waals surface area contributed by atoms with Crippen LogP contribution in [0.5, 0.6) is 5.75 Å². The number of hydrogen-bond acceptors (Lipinski definition) is 4. The summed E-state index contributed by atoms with van der Waals surface area (Å²) < 4.78 is 5.18. The molecule has 1 rings (SSSR count). The molecular formula is C13H20N2O3. The molecule has 18 heavy (non-hydrogen) atoms. The smallest absolute Gasteiger partial charge is 0.273 e. The third-order valence-corrected chi connectivity index (χ3v) is 3.28. The summed E-state index contributed by atoms with van der Waals surface area (Å²) in [6.07, 6.45) is 1.07. The molecule has 0 aliphatic rings. The van der Waals surface area contributed by atoms with Crippen molar-refractivity contribution in [2.45, 2.75) is 33.2 Å². The van der Waals surface area contributed by atoms with E-state index >= 15 is 0 Å². The van der Waals surface area contributed by atoms with Crippen LogP contribution in [0.15, 0.2) is 18.2 Å². The first-order valence-electron chi connectivity index (χ1n) is 6.08. The van der Waals surface area contributed by atoms with Crippen LogP contribution >= 0.6 is 0 Å². The Hall–Kier alpha value is -1.78. The van der Waals surface area contributed by atoms with Crippen molar-refractivity contribution in [2.24, 2.45) is 5.92 Å². The first-order chi connectivity index (χ1) is 8.49. The van der Waals surface area contributed by atoms with Crippen LogP contribution in [0.1, 0.15) is 27.2 Å². The number of anilines is 1. The molecule has 5 nitrogen and oxygen atoms in total. The molecule has 0 saturated heterocycles. The van der Waals surface area contributed by atoms with Gasteiger partial charge < -0.3 is 10.1 Å². The first-order valence-corrected chi connectivity index (χ1v) is 6.08. The zero-order valence-corrected chi connectivity index (χ0v) is 11.3. The fourth-order valence-corrected chi connectivity index (χ4v) is 1.65. The largest absolute Gasteiger partial charge is 0.494 e. The lowest BCUT2D eigenvalue weighted by Crippen LogP contribution is -2.23. The summed E-state index contributed by atoms with van der Waals surface area (Å²) in [5, 5.41) is 14.0. The maximum Gasteiger partial charge on any atom is 0.273 e. The Morgan fingerprint density at radius 2 is 2.11 bits per heavy atom. The highest BCUT2D eigenvalue weighted by Crippen LogP contribution is 2.30. The molecule has 0 aromatic heterocycles. The van der Waals surface area contributed by atoms with Crippen LogP contribution in [0.25, 0.3) is 0 Å². The van der Waals surface area contributed by atoms with Gasteiger partial charge in [0.1, 0.15) is 5.75 Å². The summed E-state index contributed by atoms with van der Waals surface area (Å²) in [5.74, 6) is 1.02. The molecule has 0 spiro atoms. The highest BCUT2D eigenvalue weighted by Gasteiger charge is 2.15. The van der Waals surface area contributed by atoms with Crippen molar-refractivity contribution in [2.75, 3.05) is 12.4 Å². The second-order valence-corrected chi connectivity index (χ2v) is 4.46. The SMILES string of the molecule is CCC(C)C(C)Nc1ccc([N+](=O)[O-])cc1OC. The average molecular weight is 252 g/mol. The van der Waals surface area contributed by atoms with Crippen molar-refractivity contribution in [3.63, 3.8) is 0 Å². The van der Waals surface area contributed by atoms with E-state index in [1.54, 1.807) is 6.07 Å². The minimum absolute atomic E-state index is 0.0357. The number of nitrogens with zero attached hydrogens (tertiary/aromatic N) is 1. The molecule has 0 aliphatic heterocycles. The van der Waals surface area contributed by atoms with Crippen molar-refractivity contribution < 1.29 is 9.66 Å². The third-order valence-electron chi connectivity index (χ3n) is 3.28. The molecule has 1 aromatic rings. The Morgan fingerprint density at radius 1 is 1.44 bits per heavy atom. The van der Waals surface area contributed by atoms with E-state index in [9.17, 15) is 10.1 Å². The van der Waals surface area contributed by atoms with Crippen LogP contribution in [0, 0.1) is 16.0 Å². The normalized spacial score (nSPS) is 13.8. The molecule has 0 aliphatic carbocycles. The maximum atomic E-state index is 10.7. The summed E-state index contributed by atoms with van der Waals surface area (Å²) in [5.41, 5.74) is 0.824. The van der Waals surface area contributed by atoms with Gasteiger partial charge in [-0.15, -0.1) is 0 Å². The van der Waals surface area contributed by atoms with Gasteiger partial charge in [-0.05, 0) is 18.9 Å². The van der Waals surface area contributed by atoms with Gasteiger partial charge in [0.2, 0.25) is 0 Å². The molecular weight excluding hydrogens is 232 g/mol. The molecule has 0 radical (unpaired) electrons. The number of ether oxygens (including phenoxy) is 1. The lowest BCUT2D eigenvalue weighted by atomic mass is 10.0. The molecule has 0 heterocycles. The van der Waals surface area contributed by atoms with Gasteiger partial charge >= 0.3 is 0 Å². The number of hydrogen-bond donors (Lipinski definition) is 1. The fourth-order valence-electron chi connectivity index (χ4n) is 1.65. The monoisotopic (exact) mass is 252 g/mol. The maximum absolute atomic E-state index is 10.7. The van der Waals surface area contributed by atoms with E-state index in [2.05, 4.69) is 26.1 Å². The van der Waals surface area contributed by atoms with Gasteiger partial charge in [0.25, 0.3) is 5.69 Å². The van der Waals surface area contributed by atoms with Gasteiger partial charge in [0.05, 0.1) is 23.8 Å². The molecule has 2 unspecified atom stereocenters. The Morgan fingerprint density at radius 3 is 2.61 bits per heavy atom. The molecule has 2 atom stereocenters. The second kappa shape index (κ2) is 6.23. The average Bonchev–Trinajstić information content (AvgIpc) is 2.37. The lowest BCUT2D eigenvalue weighted by molar-refractivity contribution is -0.384. The molecule has 1 N–H and O–H groups in total. The van der Waals surface area contributed by atoms with Crippen LogP contribution in [-0.4, -0.2) is 18.1 Å². The van der Waals surface area contributed by atoms with Crippen molar-refractivity contribution in [1.29, 1.82) is 0 Å². The van der Waals surface area contributed by atoms with Gasteiger partial charge in [0, 0.05) is 12.1 Å². The van der Waals surface area contributed by atoms with E-state index in [4.69, 9.17) is 4.74 Å². The quantitative estimate of drug-likeness (QED) is 0.622. The first kappa shape index (κ1) is 14.3. The van der Waals surface area contributed by atoms with E-state index in [0.29, 0.717) is 11.7 Å². The summed E-state index contributed by atoms with van der Waals surface area (Å²) in [7, 11) is 1.51. The van der Waals surface area contributed by atoms with Gasteiger partial charge in [-0.3, -0.25) is 10.1 Å². The van der Waals surface area contributed by atoms with Crippen LogP contribution in [0.2, 0.25) is 0 Å². The number of methoxy groups -OCH3 is 1. The Labute approximate surface area is 107 Å². The standard InChI is InChI=1S/C13H20N2O3/c1-5-9(2)10(3)14-12-7-6-11(15(16)17)8-13(12)18-4/h6-10,14H,5H2,1-4H3. The number of benzene rings is 1. The number of nitrogens with one attached hydrogen (secondary N) is 1. The van der Waals surface area contributed by atoms with Crippen LogP contribution in [0.3, 0.4) is 0 Å². The van der Waals surface area contributed by atoms with Crippen LogP contribution < -0.4 is 10.1 Å². The van der Waals surface area contributed by atoms with Crippen LogP contribution in [-0.2, 0) is 0 Å². The fraction of sp³-hybridized carbons (Fsp3) is 0.538. The predicted molar refractivity (Wildman–Crippen MR) is 72.2 cm³/mol. The molecule has 100 valence electrons. The van der Waals surface area contributed by atoms with Gasteiger partial charge in [-0.1, -0.05) is 20.3 Å². The highest BCUT2D eigenvalue weighted by atomic mass is 16.6.